The van der Waals surface area contributed by atoms with Crippen LogP contribution in [0.2, 0.25) is 0 Å². The molecule has 5 nitrogen and oxygen atoms in total. The second kappa shape index (κ2) is 7.02. The molecule has 2 aliphatic heterocycles. The number of carbonyl (C=O) groups is 2. The fraction of sp³-hybridized carbons (Fsp3) is 0.556. The van der Waals surface area contributed by atoms with Crippen LogP contribution < -0.4 is 10.2 Å². The van der Waals surface area contributed by atoms with E-state index in [2.05, 4.69) is 5.32 Å². The summed E-state index contributed by atoms with van der Waals surface area (Å²) in [5, 5.41) is 3.02. The number of hydrogen-bond donors (Lipinski definition) is 1. The van der Waals surface area contributed by atoms with Crippen molar-refractivity contribution < 1.29 is 9.59 Å². The third-order valence-electron chi connectivity index (χ3n) is 4.75. The topological polar surface area (TPSA) is 52.7 Å². The van der Waals surface area contributed by atoms with Crippen molar-refractivity contribution in [2.45, 2.75) is 45.4 Å². The van der Waals surface area contributed by atoms with Gasteiger partial charge in [-0.3, -0.25) is 4.79 Å². The van der Waals surface area contributed by atoms with Crippen LogP contribution in [0.1, 0.15) is 44.6 Å². The SMILES string of the molecule is CC(=O)N1CCc2cc(NC(=O)N3CCCCCCC3)ccc21. The van der Waals surface area contributed by atoms with Crippen molar-refractivity contribution in [2.75, 3.05) is 29.9 Å². The summed E-state index contributed by atoms with van der Waals surface area (Å²) in [6.45, 7) is 4.00. The van der Waals surface area contributed by atoms with E-state index in [9.17, 15) is 9.59 Å². The molecule has 0 bridgehead atoms. The Labute approximate surface area is 137 Å². The highest BCUT2D eigenvalue weighted by molar-refractivity contribution is 5.95. The Morgan fingerprint density at radius 2 is 1.70 bits per heavy atom. The van der Waals surface area contributed by atoms with Crippen LogP contribution in [0.15, 0.2) is 18.2 Å². The van der Waals surface area contributed by atoms with Crippen LogP contribution in [0.5, 0.6) is 0 Å². The standard InChI is InChI=1S/C18H25N3O2/c1-14(22)21-12-9-15-13-16(7-8-17(15)21)19-18(23)20-10-5-3-2-4-6-11-20/h7-8,13H,2-6,9-12H2,1H3,(H,19,23). The van der Waals surface area contributed by atoms with E-state index in [1.54, 1.807) is 11.8 Å². The average Bonchev–Trinajstić information content (AvgIpc) is 2.90. The summed E-state index contributed by atoms with van der Waals surface area (Å²) in [5.41, 5.74) is 2.92. The Bertz CT molecular complexity index is 592. The van der Waals surface area contributed by atoms with Crippen LogP contribution in [0.3, 0.4) is 0 Å². The lowest BCUT2D eigenvalue weighted by atomic mass is 10.1. The van der Waals surface area contributed by atoms with Gasteiger partial charge in [-0.15, -0.1) is 0 Å². The summed E-state index contributed by atoms with van der Waals surface area (Å²) < 4.78 is 0. The van der Waals surface area contributed by atoms with Crippen molar-refractivity contribution in [1.82, 2.24) is 4.90 Å². The van der Waals surface area contributed by atoms with Gasteiger partial charge in [0.1, 0.15) is 0 Å². The molecule has 3 rings (SSSR count). The molecule has 1 aromatic carbocycles. The lowest BCUT2D eigenvalue weighted by Crippen LogP contribution is -2.37. The Morgan fingerprint density at radius 1 is 1.00 bits per heavy atom. The van der Waals surface area contributed by atoms with E-state index in [1.165, 1.54) is 19.3 Å². The van der Waals surface area contributed by atoms with Gasteiger partial charge in [0, 0.05) is 37.9 Å². The molecule has 1 saturated heterocycles. The fourth-order valence-electron chi connectivity index (χ4n) is 3.46. The minimum Gasteiger partial charge on any atom is -0.325 e. The maximum Gasteiger partial charge on any atom is 0.321 e. The predicted octanol–water partition coefficient (Wildman–Crippen LogP) is 3.39. The number of amides is 3. The molecule has 2 aliphatic rings. The molecule has 1 N–H and O–H groups in total. The molecule has 1 fully saturated rings. The number of nitrogens with zero attached hydrogens (tertiary/aromatic N) is 2. The van der Waals surface area contributed by atoms with E-state index in [4.69, 9.17) is 0 Å². The van der Waals surface area contributed by atoms with E-state index >= 15 is 0 Å². The van der Waals surface area contributed by atoms with Gasteiger partial charge in [-0.25, -0.2) is 4.79 Å². The molecular weight excluding hydrogens is 290 g/mol. The molecule has 3 amide bonds. The van der Waals surface area contributed by atoms with Gasteiger partial charge in [-0.2, -0.15) is 0 Å². The number of hydrogen-bond acceptors (Lipinski definition) is 2. The van der Waals surface area contributed by atoms with Crippen LogP contribution in [0.25, 0.3) is 0 Å². The Kier molecular flexibility index (Phi) is 4.84. The largest absolute Gasteiger partial charge is 0.325 e. The van der Waals surface area contributed by atoms with Gasteiger partial charge in [-0.1, -0.05) is 19.3 Å². The van der Waals surface area contributed by atoms with Crippen LogP contribution in [0.4, 0.5) is 16.2 Å². The lowest BCUT2D eigenvalue weighted by Gasteiger charge is -2.25. The van der Waals surface area contributed by atoms with E-state index < -0.39 is 0 Å². The first-order valence-corrected chi connectivity index (χ1v) is 8.62. The van der Waals surface area contributed by atoms with E-state index in [0.717, 1.165) is 55.8 Å². The first-order valence-electron chi connectivity index (χ1n) is 8.62. The summed E-state index contributed by atoms with van der Waals surface area (Å²) in [6.07, 6.45) is 6.73. The number of fused-ring (bicyclic) bond motifs is 1. The van der Waals surface area contributed by atoms with Gasteiger partial charge in [0.25, 0.3) is 0 Å². The van der Waals surface area contributed by atoms with E-state index in [1.807, 2.05) is 23.1 Å². The minimum atomic E-state index is -0.00623. The molecule has 0 unspecified atom stereocenters. The van der Waals surface area contributed by atoms with Crippen LogP contribution in [-0.4, -0.2) is 36.5 Å². The molecule has 0 spiro atoms. The van der Waals surface area contributed by atoms with Crippen molar-refractivity contribution in [2.24, 2.45) is 0 Å². The average molecular weight is 315 g/mol. The zero-order valence-corrected chi connectivity index (χ0v) is 13.8. The van der Waals surface area contributed by atoms with Crippen LogP contribution >= 0.6 is 0 Å². The first-order chi connectivity index (χ1) is 11.1. The normalized spacial score (nSPS) is 18.1. The second-order valence-corrected chi connectivity index (χ2v) is 6.45. The number of anilines is 2. The minimum absolute atomic E-state index is 0.00623. The van der Waals surface area contributed by atoms with Crippen molar-refractivity contribution in [3.8, 4) is 0 Å². The summed E-state index contributed by atoms with van der Waals surface area (Å²) in [7, 11) is 0. The summed E-state index contributed by atoms with van der Waals surface area (Å²) in [6, 6.07) is 5.82. The molecule has 124 valence electrons. The Hall–Kier alpha value is -2.04. The molecule has 2 heterocycles. The monoisotopic (exact) mass is 315 g/mol. The number of urea groups is 1. The third kappa shape index (κ3) is 3.66. The zero-order valence-electron chi connectivity index (χ0n) is 13.8. The highest BCUT2D eigenvalue weighted by Crippen LogP contribution is 2.30. The number of rotatable bonds is 1. The lowest BCUT2D eigenvalue weighted by molar-refractivity contribution is -0.116. The molecule has 0 aliphatic carbocycles. The first kappa shape index (κ1) is 15.8. The summed E-state index contributed by atoms with van der Waals surface area (Å²) >= 11 is 0. The van der Waals surface area contributed by atoms with Gasteiger partial charge in [-0.05, 0) is 43.0 Å². The van der Waals surface area contributed by atoms with Gasteiger partial charge in [0.15, 0.2) is 0 Å². The molecule has 0 atom stereocenters. The zero-order chi connectivity index (χ0) is 16.2. The number of carbonyl (C=O) groups excluding carboxylic acids is 2. The smallest absolute Gasteiger partial charge is 0.321 e. The highest BCUT2D eigenvalue weighted by Gasteiger charge is 2.23. The Balaban J connectivity index is 1.66. The maximum atomic E-state index is 12.5. The highest BCUT2D eigenvalue weighted by atomic mass is 16.2. The van der Waals surface area contributed by atoms with E-state index in [0.29, 0.717) is 0 Å². The molecule has 1 aromatic rings. The third-order valence-corrected chi connectivity index (χ3v) is 4.75. The van der Waals surface area contributed by atoms with E-state index in [-0.39, 0.29) is 11.9 Å². The predicted molar refractivity (Wildman–Crippen MR) is 91.8 cm³/mol. The molecule has 0 radical (unpaired) electrons. The molecule has 0 saturated carbocycles. The quantitative estimate of drug-likeness (QED) is 0.863. The number of likely N-dealkylation sites (tertiary alicyclic amines) is 1. The summed E-state index contributed by atoms with van der Waals surface area (Å²) in [4.78, 5) is 27.8. The second-order valence-electron chi connectivity index (χ2n) is 6.45. The van der Waals surface area contributed by atoms with Crippen LogP contribution in [0, 0.1) is 0 Å². The van der Waals surface area contributed by atoms with Gasteiger partial charge in [0.05, 0.1) is 0 Å². The maximum absolute atomic E-state index is 12.5. The van der Waals surface area contributed by atoms with Gasteiger partial charge in [0.2, 0.25) is 5.91 Å². The molecule has 23 heavy (non-hydrogen) atoms. The Morgan fingerprint density at radius 3 is 2.39 bits per heavy atom. The van der Waals surface area contributed by atoms with Crippen LogP contribution in [-0.2, 0) is 11.2 Å². The van der Waals surface area contributed by atoms with Crippen molar-refractivity contribution in [1.29, 1.82) is 0 Å². The van der Waals surface area contributed by atoms with Gasteiger partial charge < -0.3 is 15.1 Å². The molecular formula is C18H25N3O2. The van der Waals surface area contributed by atoms with Crippen molar-refractivity contribution in [3.05, 3.63) is 23.8 Å². The summed E-state index contributed by atoms with van der Waals surface area (Å²) in [5.74, 6) is 0.0705. The number of nitrogens with one attached hydrogen (secondary N) is 1. The van der Waals surface area contributed by atoms with Gasteiger partial charge >= 0.3 is 6.03 Å². The van der Waals surface area contributed by atoms with Crippen molar-refractivity contribution in [3.63, 3.8) is 0 Å². The molecule has 5 heteroatoms. The molecule has 0 aromatic heterocycles. The number of benzene rings is 1. The van der Waals surface area contributed by atoms with Crippen molar-refractivity contribution >= 4 is 23.3 Å². The fourth-order valence-corrected chi connectivity index (χ4v) is 3.46.